The van der Waals surface area contributed by atoms with Crippen LogP contribution >= 0.6 is 0 Å². The average molecular weight is 331 g/mol. The highest BCUT2D eigenvalue weighted by molar-refractivity contribution is 5.94. The standard InChI is InChI=1S/C16H17N3O5/c1-2-3-10-23-13-6-4-12(5-7-13)16(20)18-17-11-14-8-9-15(24-14)19(21)22/h4-9,11H,2-3,10H2,1H3,(H,18,20)/b17-11+. The molecule has 0 atom stereocenters. The summed E-state index contributed by atoms with van der Waals surface area (Å²) in [5.41, 5.74) is 2.73. The van der Waals surface area contributed by atoms with Crippen LogP contribution in [0, 0.1) is 10.1 Å². The number of nitrogens with one attached hydrogen (secondary N) is 1. The molecular formula is C16H17N3O5. The van der Waals surface area contributed by atoms with Crippen LogP contribution in [0.3, 0.4) is 0 Å². The van der Waals surface area contributed by atoms with Crippen LogP contribution in [0.25, 0.3) is 0 Å². The van der Waals surface area contributed by atoms with Gasteiger partial charge in [0.1, 0.15) is 10.7 Å². The van der Waals surface area contributed by atoms with E-state index in [4.69, 9.17) is 9.15 Å². The van der Waals surface area contributed by atoms with Gasteiger partial charge in [0, 0.05) is 5.56 Å². The van der Waals surface area contributed by atoms with Gasteiger partial charge in [-0.05, 0) is 36.8 Å². The fourth-order valence-corrected chi connectivity index (χ4v) is 1.77. The fraction of sp³-hybridized carbons (Fsp3) is 0.250. The van der Waals surface area contributed by atoms with E-state index >= 15 is 0 Å². The van der Waals surface area contributed by atoms with Crippen molar-refractivity contribution in [1.82, 2.24) is 5.43 Å². The summed E-state index contributed by atoms with van der Waals surface area (Å²) in [5.74, 6) is 0.0712. The van der Waals surface area contributed by atoms with E-state index in [2.05, 4.69) is 17.5 Å². The molecule has 0 aliphatic heterocycles. The van der Waals surface area contributed by atoms with E-state index in [0.29, 0.717) is 17.9 Å². The number of unbranched alkanes of at least 4 members (excludes halogenated alkanes) is 1. The van der Waals surface area contributed by atoms with Crippen molar-refractivity contribution in [3.8, 4) is 5.75 Å². The molecular weight excluding hydrogens is 314 g/mol. The molecule has 126 valence electrons. The third kappa shape index (κ3) is 4.94. The second-order valence-corrected chi connectivity index (χ2v) is 4.86. The van der Waals surface area contributed by atoms with Crippen LogP contribution in [0.1, 0.15) is 35.9 Å². The molecule has 0 fully saturated rings. The third-order valence-corrected chi connectivity index (χ3v) is 3.03. The van der Waals surface area contributed by atoms with E-state index in [9.17, 15) is 14.9 Å². The number of carbonyl (C=O) groups is 1. The number of ether oxygens (including phenoxy) is 1. The molecule has 0 saturated carbocycles. The van der Waals surface area contributed by atoms with Gasteiger partial charge in [-0.2, -0.15) is 5.10 Å². The molecule has 0 aliphatic rings. The normalized spacial score (nSPS) is 10.7. The maximum absolute atomic E-state index is 11.9. The van der Waals surface area contributed by atoms with Gasteiger partial charge in [0.15, 0.2) is 5.76 Å². The Balaban J connectivity index is 1.87. The van der Waals surface area contributed by atoms with Crippen molar-refractivity contribution < 1.29 is 18.9 Å². The van der Waals surface area contributed by atoms with Crippen molar-refractivity contribution in [1.29, 1.82) is 0 Å². The van der Waals surface area contributed by atoms with Gasteiger partial charge in [0.2, 0.25) is 0 Å². The van der Waals surface area contributed by atoms with Crippen molar-refractivity contribution in [2.75, 3.05) is 6.61 Å². The zero-order valence-corrected chi connectivity index (χ0v) is 13.1. The Bertz CT molecular complexity index is 722. The number of nitrogens with zero attached hydrogens (tertiary/aromatic N) is 2. The van der Waals surface area contributed by atoms with Gasteiger partial charge >= 0.3 is 5.88 Å². The zero-order chi connectivity index (χ0) is 17.4. The lowest BCUT2D eigenvalue weighted by atomic mass is 10.2. The monoisotopic (exact) mass is 331 g/mol. The highest BCUT2D eigenvalue weighted by Crippen LogP contribution is 2.14. The molecule has 8 heteroatoms. The molecule has 1 heterocycles. The Morgan fingerprint density at radius 2 is 2.08 bits per heavy atom. The second kappa shape index (κ2) is 8.47. The zero-order valence-electron chi connectivity index (χ0n) is 13.1. The van der Waals surface area contributed by atoms with E-state index in [1.807, 2.05) is 0 Å². The van der Waals surface area contributed by atoms with Crippen LogP contribution in [0.5, 0.6) is 5.75 Å². The maximum Gasteiger partial charge on any atom is 0.433 e. The summed E-state index contributed by atoms with van der Waals surface area (Å²) in [7, 11) is 0. The van der Waals surface area contributed by atoms with Crippen LogP contribution in [-0.4, -0.2) is 23.7 Å². The van der Waals surface area contributed by atoms with Crippen LogP contribution in [0.2, 0.25) is 0 Å². The van der Waals surface area contributed by atoms with E-state index in [0.717, 1.165) is 12.8 Å². The smallest absolute Gasteiger partial charge is 0.433 e. The predicted octanol–water partition coefficient (Wildman–Crippen LogP) is 3.13. The van der Waals surface area contributed by atoms with Crippen LogP contribution in [-0.2, 0) is 0 Å². The SMILES string of the molecule is CCCCOc1ccc(C(=O)N/N=C/c2ccc([N+](=O)[O-])o2)cc1. The highest BCUT2D eigenvalue weighted by Gasteiger charge is 2.10. The molecule has 1 amide bonds. The first-order valence-electron chi connectivity index (χ1n) is 7.40. The molecule has 1 aromatic carbocycles. The number of nitro groups is 1. The maximum atomic E-state index is 11.9. The number of carbonyl (C=O) groups excluding carboxylic acids is 1. The van der Waals surface area contributed by atoms with Crippen LogP contribution < -0.4 is 10.2 Å². The molecule has 0 aliphatic carbocycles. The van der Waals surface area contributed by atoms with Crippen LogP contribution in [0.4, 0.5) is 5.88 Å². The number of furan rings is 1. The predicted molar refractivity (Wildman–Crippen MR) is 87.3 cm³/mol. The summed E-state index contributed by atoms with van der Waals surface area (Å²) in [4.78, 5) is 21.7. The summed E-state index contributed by atoms with van der Waals surface area (Å²) in [6.07, 6.45) is 3.21. The van der Waals surface area contributed by atoms with E-state index < -0.39 is 10.8 Å². The molecule has 1 aromatic heterocycles. The van der Waals surface area contributed by atoms with Gasteiger partial charge in [0.25, 0.3) is 5.91 Å². The van der Waals surface area contributed by atoms with Crippen molar-refractivity contribution >= 4 is 18.0 Å². The first-order chi connectivity index (χ1) is 11.6. The van der Waals surface area contributed by atoms with E-state index in [-0.39, 0.29) is 11.6 Å². The summed E-state index contributed by atoms with van der Waals surface area (Å²) in [5, 5.41) is 14.2. The van der Waals surface area contributed by atoms with E-state index in [1.54, 1.807) is 24.3 Å². The third-order valence-electron chi connectivity index (χ3n) is 3.03. The van der Waals surface area contributed by atoms with Crippen molar-refractivity contribution in [3.63, 3.8) is 0 Å². The van der Waals surface area contributed by atoms with Gasteiger partial charge < -0.3 is 9.15 Å². The van der Waals surface area contributed by atoms with Crippen molar-refractivity contribution in [2.24, 2.45) is 5.10 Å². The summed E-state index contributed by atoms with van der Waals surface area (Å²) in [6, 6.07) is 9.28. The summed E-state index contributed by atoms with van der Waals surface area (Å²) < 4.78 is 10.4. The lowest BCUT2D eigenvalue weighted by Gasteiger charge is -2.05. The van der Waals surface area contributed by atoms with Crippen molar-refractivity contribution in [3.05, 3.63) is 57.8 Å². The number of hydrazone groups is 1. The summed E-state index contributed by atoms with van der Waals surface area (Å²) >= 11 is 0. The number of hydrogen-bond acceptors (Lipinski definition) is 6. The fourth-order valence-electron chi connectivity index (χ4n) is 1.77. The number of hydrogen-bond donors (Lipinski definition) is 1. The largest absolute Gasteiger partial charge is 0.494 e. The Labute approximate surface area is 138 Å². The Kier molecular flexibility index (Phi) is 6.07. The molecule has 0 spiro atoms. The second-order valence-electron chi connectivity index (χ2n) is 4.86. The average Bonchev–Trinajstić information content (AvgIpc) is 3.05. The molecule has 0 unspecified atom stereocenters. The van der Waals surface area contributed by atoms with Crippen LogP contribution in [0.15, 0.2) is 45.9 Å². The van der Waals surface area contributed by atoms with Gasteiger partial charge in [0.05, 0.1) is 18.9 Å². The number of rotatable bonds is 8. The highest BCUT2D eigenvalue weighted by atomic mass is 16.6. The minimum Gasteiger partial charge on any atom is -0.494 e. The lowest BCUT2D eigenvalue weighted by molar-refractivity contribution is -0.402. The molecule has 1 N–H and O–H groups in total. The molecule has 0 saturated heterocycles. The van der Waals surface area contributed by atoms with Gasteiger partial charge in [-0.1, -0.05) is 13.3 Å². The lowest BCUT2D eigenvalue weighted by Crippen LogP contribution is -2.17. The van der Waals surface area contributed by atoms with Gasteiger partial charge in [-0.15, -0.1) is 0 Å². The topological polar surface area (TPSA) is 107 Å². The van der Waals surface area contributed by atoms with Crippen molar-refractivity contribution in [2.45, 2.75) is 19.8 Å². The Morgan fingerprint density at radius 3 is 2.71 bits per heavy atom. The molecule has 2 aromatic rings. The van der Waals surface area contributed by atoms with E-state index in [1.165, 1.54) is 18.3 Å². The first kappa shape index (κ1) is 17.2. The minimum atomic E-state index is -0.653. The molecule has 24 heavy (non-hydrogen) atoms. The minimum absolute atomic E-state index is 0.168. The Hall–Kier alpha value is -3.16. The first-order valence-corrected chi connectivity index (χ1v) is 7.40. The molecule has 0 bridgehead atoms. The Morgan fingerprint density at radius 1 is 1.33 bits per heavy atom. The molecule has 2 rings (SSSR count). The number of benzene rings is 1. The van der Waals surface area contributed by atoms with Gasteiger partial charge in [-0.3, -0.25) is 14.9 Å². The molecule has 8 nitrogen and oxygen atoms in total. The summed E-state index contributed by atoms with van der Waals surface area (Å²) in [6.45, 7) is 2.72. The number of amides is 1. The quantitative estimate of drug-likeness (QED) is 0.346. The molecule has 0 radical (unpaired) electrons. The van der Waals surface area contributed by atoms with Gasteiger partial charge in [-0.25, -0.2) is 5.43 Å².